The summed E-state index contributed by atoms with van der Waals surface area (Å²) < 4.78 is 21.4. The second kappa shape index (κ2) is 8.03. The Bertz CT molecular complexity index is 1470. The number of fused-ring (bicyclic) bond motifs is 1. The Balaban J connectivity index is 1.52. The predicted molar refractivity (Wildman–Crippen MR) is 115 cm³/mol. The smallest absolute Gasteiger partial charge is 0.277 e. The molecule has 0 amide bonds. The van der Waals surface area contributed by atoms with E-state index in [-0.39, 0.29) is 29.3 Å². The van der Waals surface area contributed by atoms with Crippen LogP contribution in [-0.4, -0.2) is 29.4 Å². The van der Waals surface area contributed by atoms with Crippen LogP contribution in [0.2, 0.25) is 5.02 Å². The highest BCUT2D eigenvalue weighted by Crippen LogP contribution is 2.25. The fraction of sp³-hybridized carbons (Fsp3) is 0.0909. The van der Waals surface area contributed by atoms with Crippen LogP contribution in [0.1, 0.15) is 11.5 Å². The minimum Gasteiger partial charge on any atom is -0.392 e. The zero-order valence-corrected chi connectivity index (χ0v) is 17.2. The van der Waals surface area contributed by atoms with Crippen molar-refractivity contribution >= 4 is 17.1 Å². The van der Waals surface area contributed by atoms with Gasteiger partial charge in [0, 0.05) is 34.1 Å². The number of hydrogen-bond acceptors (Lipinski definition) is 6. The molecule has 160 valence electrons. The van der Waals surface area contributed by atoms with Gasteiger partial charge in [-0.3, -0.25) is 4.79 Å². The molecule has 0 saturated heterocycles. The molecule has 0 atom stereocenters. The minimum absolute atomic E-state index is 0.0395. The molecule has 0 aliphatic heterocycles. The SMILES string of the molecule is O=c1c2c(CO)c(-c3ccc(F)cc3)nn2ccn1Cc1nc(-c2ccc(Cl)cc2)no1. The first-order valence-electron chi connectivity index (χ1n) is 9.59. The molecular formula is C22H15ClFN5O3. The van der Waals surface area contributed by atoms with Gasteiger partial charge in [0.25, 0.3) is 5.56 Å². The van der Waals surface area contributed by atoms with Crippen molar-refractivity contribution in [2.75, 3.05) is 0 Å². The molecule has 0 spiro atoms. The Morgan fingerprint density at radius 3 is 2.47 bits per heavy atom. The van der Waals surface area contributed by atoms with Crippen molar-refractivity contribution in [3.05, 3.63) is 93.6 Å². The zero-order valence-electron chi connectivity index (χ0n) is 16.4. The molecule has 8 nitrogen and oxygen atoms in total. The molecule has 3 heterocycles. The van der Waals surface area contributed by atoms with E-state index in [1.165, 1.54) is 21.2 Å². The van der Waals surface area contributed by atoms with Crippen molar-refractivity contribution in [1.29, 1.82) is 0 Å². The highest BCUT2D eigenvalue weighted by Gasteiger charge is 2.19. The van der Waals surface area contributed by atoms with Crippen molar-refractivity contribution in [2.24, 2.45) is 0 Å². The van der Waals surface area contributed by atoms with E-state index in [9.17, 15) is 14.3 Å². The van der Waals surface area contributed by atoms with Gasteiger partial charge in [-0.25, -0.2) is 8.91 Å². The molecule has 10 heteroatoms. The highest BCUT2D eigenvalue weighted by atomic mass is 35.5. The Hall–Kier alpha value is -3.82. The van der Waals surface area contributed by atoms with Crippen molar-refractivity contribution in [3.63, 3.8) is 0 Å². The Morgan fingerprint density at radius 1 is 1.03 bits per heavy atom. The van der Waals surface area contributed by atoms with Gasteiger partial charge in [-0.2, -0.15) is 10.1 Å². The average Bonchev–Trinajstić information content (AvgIpc) is 3.42. The van der Waals surface area contributed by atoms with Gasteiger partial charge < -0.3 is 14.2 Å². The lowest BCUT2D eigenvalue weighted by Crippen LogP contribution is -2.22. The van der Waals surface area contributed by atoms with Crippen LogP contribution in [0.15, 0.2) is 70.2 Å². The lowest BCUT2D eigenvalue weighted by molar-refractivity contribution is 0.283. The summed E-state index contributed by atoms with van der Waals surface area (Å²) in [5.41, 5.74) is 1.91. The van der Waals surface area contributed by atoms with Crippen molar-refractivity contribution in [2.45, 2.75) is 13.2 Å². The van der Waals surface area contributed by atoms with Crippen LogP contribution >= 0.6 is 11.6 Å². The molecule has 0 radical (unpaired) electrons. The quantitative estimate of drug-likeness (QED) is 0.439. The lowest BCUT2D eigenvalue weighted by atomic mass is 10.1. The van der Waals surface area contributed by atoms with Crippen molar-refractivity contribution < 1.29 is 14.0 Å². The number of benzene rings is 2. The van der Waals surface area contributed by atoms with Crippen LogP contribution in [0.4, 0.5) is 4.39 Å². The van der Waals surface area contributed by atoms with Crippen molar-refractivity contribution in [1.82, 2.24) is 24.3 Å². The molecule has 0 bridgehead atoms. The van der Waals surface area contributed by atoms with Gasteiger partial charge in [-0.15, -0.1) is 0 Å². The van der Waals surface area contributed by atoms with Gasteiger partial charge in [0.15, 0.2) is 0 Å². The van der Waals surface area contributed by atoms with E-state index in [4.69, 9.17) is 16.1 Å². The maximum atomic E-state index is 13.3. The third kappa shape index (κ3) is 3.57. The molecule has 0 unspecified atom stereocenters. The molecule has 0 fully saturated rings. The molecule has 32 heavy (non-hydrogen) atoms. The fourth-order valence-electron chi connectivity index (χ4n) is 3.45. The maximum Gasteiger partial charge on any atom is 0.277 e. The van der Waals surface area contributed by atoms with Gasteiger partial charge in [0.2, 0.25) is 11.7 Å². The molecule has 2 aromatic carbocycles. The van der Waals surface area contributed by atoms with Crippen LogP contribution < -0.4 is 5.56 Å². The fourth-order valence-corrected chi connectivity index (χ4v) is 3.57. The van der Waals surface area contributed by atoms with E-state index in [0.29, 0.717) is 27.7 Å². The molecule has 5 aromatic rings. The number of hydrogen-bond donors (Lipinski definition) is 1. The summed E-state index contributed by atoms with van der Waals surface area (Å²) in [6.45, 7) is -0.366. The predicted octanol–water partition coefficient (Wildman–Crippen LogP) is 3.55. The van der Waals surface area contributed by atoms with Gasteiger partial charge >= 0.3 is 0 Å². The second-order valence-corrected chi connectivity index (χ2v) is 7.47. The highest BCUT2D eigenvalue weighted by molar-refractivity contribution is 6.30. The monoisotopic (exact) mass is 451 g/mol. The minimum atomic E-state index is -0.406. The topological polar surface area (TPSA) is 98.4 Å². The molecule has 5 rings (SSSR count). The molecular weight excluding hydrogens is 437 g/mol. The van der Waals surface area contributed by atoms with Crippen LogP contribution in [0, 0.1) is 5.82 Å². The van der Waals surface area contributed by atoms with Gasteiger partial charge in [-0.05, 0) is 48.5 Å². The van der Waals surface area contributed by atoms with Crippen LogP contribution in [0.3, 0.4) is 0 Å². The van der Waals surface area contributed by atoms with Crippen LogP contribution in [0.5, 0.6) is 0 Å². The Labute approximate surface area is 185 Å². The zero-order chi connectivity index (χ0) is 22.2. The van der Waals surface area contributed by atoms with E-state index in [1.807, 2.05) is 0 Å². The van der Waals surface area contributed by atoms with Gasteiger partial charge in [0.1, 0.15) is 17.9 Å². The van der Waals surface area contributed by atoms with Gasteiger partial charge in [-0.1, -0.05) is 16.8 Å². The first-order valence-corrected chi connectivity index (χ1v) is 9.97. The molecule has 3 aromatic heterocycles. The van der Waals surface area contributed by atoms with E-state index in [1.54, 1.807) is 48.8 Å². The maximum absolute atomic E-state index is 13.3. The standard InChI is InChI=1S/C22H15ClFN5O3/c23-15-5-1-14(2-6-15)21-25-18(32-27-21)11-28-9-10-29-20(22(28)31)17(12-30)19(26-29)13-3-7-16(24)8-4-13/h1-10,30H,11-12H2. The number of nitrogens with zero attached hydrogens (tertiary/aromatic N) is 5. The first kappa shape index (κ1) is 20.1. The van der Waals surface area contributed by atoms with Crippen LogP contribution in [0.25, 0.3) is 28.2 Å². The summed E-state index contributed by atoms with van der Waals surface area (Å²) in [6, 6.07) is 12.7. The van der Waals surface area contributed by atoms with E-state index in [0.717, 1.165) is 5.56 Å². The number of rotatable bonds is 5. The molecule has 0 aliphatic carbocycles. The first-order chi connectivity index (χ1) is 15.5. The summed E-state index contributed by atoms with van der Waals surface area (Å²) in [4.78, 5) is 17.5. The average molecular weight is 452 g/mol. The summed E-state index contributed by atoms with van der Waals surface area (Å²) in [5, 5.41) is 18.9. The van der Waals surface area contributed by atoms with Gasteiger partial charge in [0.05, 0.1) is 12.3 Å². The van der Waals surface area contributed by atoms with Crippen LogP contribution in [-0.2, 0) is 13.2 Å². The van der Waals surface area contributed by atoms with Crippen molar-refractivity contribution in [3.8, 4) is 22.6 Å². The van der Waals surface area contributed by atoms with E-state index >= 15 is 0 Å². The molecule has 0 saturated carbocycles. The Morgan fingerprint density at radius 2 is 1.75 bits per heavy atom. The summed E-state index contributed by atoms with van der Waals surface area (Å²) in [6.07, 6.45) is 3.14. The summed E-state index contributed by atoms with van der Waals surface area (Å²) >= 11 is 5.91. The number of aromatic nitrogens is 5. The molecule has 0 aliphatic rings. The number of halogens is 2. The number of aliphatic hydroxyl groups excluding tert-OH is 1. The van der Waals surface area contributed by atoms with E-state index in [2.05, 4.69) is 15.2 Å². The van der Waals surface area contributed by atoms with E-state index < -0.39 is 6.61 Å². The lowest BCUT2D eigenvalue weighted by Gasteiger charge is -2.03. The summed E-state index contributed by atoms with van der Waals surface area (Å²) in [7, 11) is 0. The molecule has 1 N–H and O–H groups in total. The normalized spacial score (nSPS) is 11.3. The number of aliphatic hydroxyl groups is 1. The Kier molecular flexibility index (Phi) is 5.04. The summed E-state index contributed by atoms with van der Waals surface area (Å²) in [5.74, 6) is 0.234. The third-order valence-electron chi connectivity index (χ3n) is 5.01. The third-order valence-corrected chi connectivity index (χ3v) is 5.26. The largest absolute Gasteiger partial charge is 0.392 e. The second-order valence-electron chi connectivity index (χ2n) is 7.04.